The molecule has 2 amide bonds. The molecule has 2 aromatic carbocycles. The third-order valence-corrected chi connectivity index (χ3v) is 9.54. The SMILES string of the molecule is CCCS(=O)(=O)N(CCOC)CC(=O)N(Cc1ccc(Cl)cc1)C1CCN(C(=O)[C@@H](Cl)c2ccccc2)CC1. The molecule has 0 saturated carbocycles. The molecule has 1 heterocycles. The average Bonchev–Trinajstić information content (AvgIpc) is 2.94. The van der Waals surface area contributed by atoms with Gasteiger partial charge in [0.05, 0.1) is 18.9 Å². The number of alkyl halides is 1. The minimum Gasteiger partial charge on any atom is -0.383 e. The van der Waals surface area contributed by atoms with Gasteiger partial charge in [-0.15, -0.1) is 11.6 Å². The van der Waals surface area contributed by atoms with E-state index in [1.165, 1.54) is 11.4 Å². The molecule has 1 aliphatic heterocycles. The molecular formula is C28H37Cl2N3O5S. The van der Waals surface area contributed by atoms with Gasteiger partial charge < -0.3 is 14.5 Å². The van der Waals surface area contributed by atoms with Crippen molar-refractivity contribution in [3.63, 3.8) is 0 Å². The molecule has 1 atom stereocenters. The van der Waals surface area contributed by atoms with E-state index >= 15 is 0 Å². The van der Waals surface area contributed by atoms with Crippen molar-refractivity contribution in [2.24, 2.45) is 0 Å². The summed E-state index contributed by atoms with van der Waals surface area (Å²) < 4.78 is 32.1. The second-order valence-electron chi connectivity index (χ2n) is 9.62. The van der Waals surface area contributed by atoms with Gasteiger partial charge in [-0.3, -0.25) is 9.59 Å². The van der Waals surface area contributed by atoms with Gasteiger partial charge in [-0.25, -0.2) is 8.42 Å². The fourth-order valence-electron chi connectivity index (χ4n) is 4.67. The molecule has 0 aromatic heterocycles. The van der Waals surface area contributed by atoms with Gasteiger partial charge in [0, 0.05) is 44.4 Å². The lowest BCUT2D eigenvalue weighted by atomic mass is 10.0. The first-order valence-electron chi connectivity index (χ1n) is 13.1. The van der Waals surface area contributed by atoms with Crippen molar-refractivity contribution < 1.29 is 22.7 Å². The Morgan fingerprint density at radius 3 is 2.31 bits per heavy atom. The second kappa shape index (κ2) is 15.0. The maximum absolute atomic E-state index is 13.7. The zero-order chi connectivity index (χ0) is 28.4. The van der Waals surface area contributed by atoms with Crippen LogP contribution in [0.1, 0.15) is 42.7 Å². The molecule has 0 N–H and O–H groups in total. The quantitative estimate of drug-likeness (QED) is 0.321. The van der Waals surface area contributed by atoms with Crippen molar-refractivity contribution in [1.82, 2.24) is 14.1 Å². The summed E-state index contributed by atoms with van der Waals surface area (Å²) in [6, 6.07) is 16.3. The first-order valence-corrected chi connectivity index (χ1v) is 15.6. The van der Waals surface area contributed by atoms with Gasteiger partial charge in [0.2, 0.25) is 21.8 Å². The van der Waals surface area contributed by atoms with Crippen molar-refractivity contribution in [3.05, 3.63) is 70.7 Å². The van der Waals surface area contributed by atoms with Crippen LogP contribution in [0.2, 0.25) is 5.02 Å². The number of amides is 2. The van der Waals surface area contributed by atoms with Crippen LogP contribution in [-0.2, 0) is 30.9 Å². The van der Waals surface area contributed by atoms with Crippen LogP contribution in [-0.4, -0.2) is 86.0 Å². The summed E-state index contributed by atoms with van der Waals surface area (Å²) in [5, 5.41) is -0.179. The number of hydrogen-bond donors (Lipinski definition) is 0. The van der Waals surface area contributed by atoms with Crippen LogP contribution in [0.25, 0.3) is 0 Å². The molecule has 11 heteroatoms. The van der Waals surface area contributed by atoms with Crippen molar-refractivity contribution in [1.29, 1.82) is 0 Å². The third kappa shape index (κ3) is 8.91. The number of rotatable bonds is 13. The Labute approximate surface area is 241 Å². The summed E-state index contributed by atoms with van der Waals surface area (Å²) in [4.78, 5) is 30.2. The van der Waals surface area contributed by atoms with E-state index in [1.54, 1.807) is 28.9 Å². The van der Waals surface area contributed by atoms with E-state index < -0.39 is 15.4 Å². The molecule has 1 fully saturated rings. The van der Waals surface area contributed by atoms with Crippen LogP contribution in [0.3, 0.4) is 0 Å². The molecule has 1 saturated heterocycles. The number of halogens is 2. The summed E-state index contributed by atoms with van der Waals surface area (Å²) in [5.74, 6) is -0.485. The number of likely N-dealkylation sites (tertiary alicyclic amines) is 1. The molecule has 0 bridgehead atoms. The summed E-state index contributed by atoms with van der Waals surface area (Å²) in [5.41, 5.74) is 1.63. The van der Waals surface area contributed by atoms with Crippen LogP contribution in [0, 0.1) is 0 Å². The number of sulfonamides is 1. The molecule has 2 aromatic rings. The summed E-state index contributed by atoms with van der Waals surface area (Å²) in [6.45, 7) is 3.02. The number of benzene rings is 2. The largest absolute Gasteiger partial charge is 0.383 e. The molecule has 0 aliphatic carbocycles. The second-order valence-corrected chi connectivity index (χ2v) is 12.6. The van der Waals surface area contributed by atoms with Gasteiger partial charge in [0.25, 0.3) is 0 Å². The Bertz CT molecular complexity index is 1170. The van der Waals surface area contributed by atoms with Crippen LogP contribution in [0.15, 0.2) is 54.6 Å². The topological polar surface area (TPSA) is 87.2 Å². The molecule has 8 nitrogen and oxygen atoms in total. The number of methoxy groups -OCH3 is 1. The Kier molecular flexibility index (Phi) is 12.1. The molecule has 214 valence electrons. The number of hydrogen-bond acceptors (Lipinski definition) is 5. The predicted molar refractivity (Wildman–Crippen MR) is 154 cm³/mol. The third-order valence-electron chi connectivity index (χ3n) is 6.82. The number of ether oxygens (including phenoxy) is 1. The maximum Gasteiger partial charge on any atom is 0.245 e. The molecule has 0 radical (unpaired) electrons. The summed E-state index contributed by atoms with van der Waals surface area (Å²) in [7, 11) is -2.12. The van der Waals surface area contributed by atoms with Crippen molar-refractivity contribution in [3.8, 4) is 0 Å². The molecule has 3 rings (SSSR count). The van der Waals surface area contributed by atoms with E-state index in [4.69, 9.17) is 27.9 Å². The summed E-state index contributed by atoms with van der Waals surface area (Å²) >= 11 is 12.5. The molecule has 0 unspecified atom stereocenters. The lowest BCUT2D eigenvalue weighted by molar-refractivity contribution is -0.137. The van der Waals surface area contributed by atoms with E-state index in [0.29, 0.717) is 43.9 Å². The molecule has 39 heavy (non-hydrogen) atoms. The first-order chi connectivity index (χ1) is 18.7. The van der Waals surface area contributed by atoms with Crippen LogP contribution in [0.5, 0.6) is 0 Å². The molecule has 0 spiro atoms. The van der Waals surface area contributed by atoms with E-state index in [9.17, 15) is 18.0 Å². The van der Waals surface area contributed by atoms with E-state index in [0.717, 1.165) is 11.1 Å². The van der Waals surface area contributed by atoms with Crippen LogP contribution < -0.4 is 0 Å². The van der Waals surface area contributed by atoms with Crippen molar-refractivity contribution >= 4 is 45.0 Å². The van der Waals surface area contributed by atoms with Gasteiger partial charge in [-0.2, -0.15) is 4.31 Å². The van der Waals surface area contributed by atoms with Gasteiger partial charge in [0.15, 0.2) is 0 Å². The molecule has 1 aliphatic rings. The van der Waals surface area contributed by atoms with Gasteiger partial charge >= 0.3 is 0 Å². The first kappa shape index (κ1) is 31.4. The highest BCUT2D eigenvalue weighted by atomic mass is 35.5. The minimum absolute atomic E-state index is 0.0390. The Morgan fingerprint density at radius 1 is 1.08 bits per heavy atom. The lowest BCUT2D eigenvalue weighted by Gasteiger charge is -2.40. The Hall–Kier alpha value is -2.17. The fourth-order valence-corrected chi connectivity index (χ4v) is 6.51. The fraction of sp³-hybridized carbons (Fsp3) is 0.500. The normalized spacial score (nSPS) is 15.4. The lowest BCUT2D eigenvalue weighted by Crippen LogP contribution is -2.52. The highest BCUT2D eigenvalue weighted by Gasteiger charge is 2.34. The van der Waals surface area contributed by atoms with E-state index in [1.807, 2.05) is 42.5 Å². The van der Waals surface area contributed by atoms with Gasteiger partial charge in [-0.05, 0) is 42.5 Å². The number of carbonyl (C=O) groups excluding carboxylic acids is 2. The van der Waals surface area contributed by atoms with Crippen molar-refractivity contribution in [2.75, 3.05) is 45.6 Å². The van der Waals surface area contributed by atoms with Crippen LogP contribution in [0.4, 0.5) is 0 Å². The van der Waals surface area contributed by atoms with Gasteiger partial charge in [-0.1, -0.05) is 61.0 Å². The average molecular weight is 599 g/mol. The zero-order valence-electron chi connectivity index (χ0n) is 22.5. The molecular weight excluding hydrogens is 561 g/mol. The monoisotopic (exact) mass is 597 g/mol. The minimum atomic E-state index is -3.62. The Balaban J connectivity index is 1.75. The van der Waals surface area contributed by atoms with Crippen molar-refractivity contribution in [2.45, 2.75) is 44.1 Å². The number of nitrogens with zero attached hydrogens (tertiary/aromatic N) is 3. The Morgan fingerprint density at radius 2 is 1.72 bits per heavy atom. The highest BCUT2D eigenvalue weighted by molar-refractivity contribution is 7.89. The smallest absolute Gasteiger partial charge is 0.245 e. The number of piperidine rings is 1. The highest BCUT2D eigenvalue weighted by Crippen LogP contribution is 2.27. The van der Waals surface area contributed by atoms with E-state index in [2.05, 4.69) is 0 Å². The van der Waals surface area contributed by atoms with E-state index in [-0.39, 0.29) is 43.3 Å². The van der Waals surface area contributed by atoms with Gasteiger partial charge in [0.1, 0.15) is 5.38 Å². The summed E-state index contributed by atoms with van der Waals surface area (Å²) in [6.07, 6.45) is 1.57. The number of carbonyl (C=O) groups is 2. The standard InChI is InChI=1S/C28H37Cl2N3O5S/c1-3-19-39(36,37)32(17-18-38-2)21-26(34)33(20-22-9-11-24(29)12-10-22)25-13-15-31(16-14-25)28(35)27(30)23-7-5-4-6-8-23/h4-12,25,27H,3,13-21H2,1-2H3/t27-/m0/s1. The maximum atomic E-state index is 13.7. The van der Waals surface area contributed by atoms with Crippen LogP contribution >= 0.6 is 23.2 Å². The predicted octanol–water partition coefficient (Wildman–Crippen LogP) is 4.33. The zero-order valence-corrected chi connectivity index (χ0v) is 24.8.